The van der Waals surface area contributed by atoms with E-state index in [1.165, 1.54) is 0 Å². The molecule has 0 N–H and O–H groups in total. The number of hydrogen-bond donors (Lipinski definition) is 0. The molecule has 0 atom stereocenters. The van der Waals surface area contributed by atoms with Crippen molar-refractivity contribution in [1.29, 1.82) is 0 Å². The summed E-state index contributed by atoms with van der Waals surface area (Å²) in [7, 11) is 1.59. The van der Waals surface area contributed by atoms with Gasteiger partial charge in [-0.1, -0.05) is 42.5 Å². The summed E-state index contributed by atoms with van der Waals surface area (Å²) >= 11 is 0. The Labute approximate surface area is 187 Å². The molecule has 0 aliphatic heterocycles. The summed E-state index contributed by atoms with van der Waals surface area (Å²) in [4.78, 5) is 24.9. The number of ketones is 2. The van der Waals surface area contributed by atoms with Crippen LogP contribution in [0.4, 0.5) is 0 Å². The summed E-state index contributed by atoms with van der Waals surface area (Å²) in [5.41, 5.74) is 3.41. The number of nitrogens with zero attached hydrogens (tertiary/aromatic N) is 2. The summed E-state index contributed by atoms with van der Waals surface area (Å²) in [5, 5.41) is 0. The topological polar surface area (TPSA) is 51.1 Å². The van der Waals surface area contributed by atoms with E-state index in [4.69, 9.17) is 4.74 Å². The molecule has 32 heavy (non-hydrogen) atoms. The van der Waals surface area contributed by atoms with Crippen LogP contribution in [0.3, 0.4) is 0 Å². The fourth-order valence-corrected chi connectivity index (χ4v) is 3.45. The molecule has 4 aromatic rings. The van der Waals surface area contributed by atoms with Crippen molar-refractivity contribution in [1.82, 2.24) is 0 Å². The predicted octanol–water partition coefficient (Wildman–Crippen LogP) is 3.70. The Morgan fingerprint density at radius 2 is 1.16 bits per heavy atom. The maximum atomic E-state index is 12.6. The number of rotatable bonds is 8. The fraction of sp³-hybridized carbons (Fsp3) is 0.111. The van der Waals surface area contributed by atoms with Crippen molar-refractivity contribution in [2.24, 2.45) is 0 Å². The SMILES string of the molecule is COc1cccc(C(=O)C[n+]2ccc(-c3cc[n+](CC(=O)c4ccccc4)cc3)cc2)c1. The normalized spacial score (nSPS) is 10.5. The minimum absolute atomic E-state index is 0.0190. The van der Waals surface area contributed by atoms with Crippen LogP contribution in [0.2, 0.25) is 0 Å². The highest BCUT2D eigenvalue weighted by atomic mass is 16.5. The van der Waals surface area contributed by atoms with E-state index >= 15 is 0 Å². The molecule has 0 fully saturated rings. The average molecular weight is 425 g/mol. The van der Waals surface area contributed by atoms with Crippen LogP contribution in [-0.2, 0) is 13.1 Å². The Morgan fingerprint density at radius 3 is 1.69 bits per heavy atom. The van der Waals surface area contributed by atoms with E-state index in [2.05, 4.69) is 0 Å². The lowest BCUT2D eigenvalue weighted by Gasteiger charge is -2.03. The van der Waals surface area contributed by atoms with Gasteiger partial charge in [-0.15, -0.1) is 0 Å². The lowest BCUT2D eigenvalue weighted by atomic mass is 10.1. The molecule has 0 saturated heterocycles. The van der Waals surface area contributed by atoms with E-state index in [-0.39, 0.29) is 18.1 Å². The molecule has 0 spiro atoms. The van der Waals surface area contributed by atoms with E-state index in [9.17, 15) is 9.59 Å². The van der Waals surface area contributed by atoms with Crippen molar-refractivity contribution >= 4 is 11.6 Å². The quantitative estimate of drug-likeness (QED) is 0.320. The van der Waals surface area contributed by atoms with Crippen LogP contribution in [0.5, 0.6) is 5.75 Å². The zero-order valence-electron chi connectivity index (χ0n) is 17.8. The Morgan fingerprint density at radius 1 is 0.656 bits per heavy atom. The molecule has 0 unspecified atom stereocenters. The van der Waals surface area contributed by atoms with Crippen LogP contribution in [0.25, 0.3) is 11.1 Å². The summed E-state index contributed by atoms with van der Waals surface area (Å²) in [6.07, 6.45) is 7.61. The predicted molar refractivity (Wildman–Crippen MR) is 120 cm³/mol. The van der Waals surface area contributed by atoms with Gasteiger partial charge in [-0.2, -0.15) is 9.13 Å². The maximum Gasteiger partial charge on any atom is 0.227 e. The van der Waals surface area contributed by atoms with Gasteiger partial charge in [0, 0.05) is 35.4 Å². The second kappa shape index (κ2) is 9.79. The van der Waals surface area contributed by atoms with E-state index in [1.807, 2.05) is 101 Å². The molecular weight excluding hydrogens is 400 g/mol. The number of hydrogen-bond acceptors (Lipinski definition) is 3. The molecule has 0 bridgehead atoms. The number of benzene rings is 2. The monoisotopic (exact) mass is 424 g/mol. The first-order valence-corrected chi connectivity index (χ1v) is 10.4. The van der Waals surface area contributed by atoms with E-state index < -0.39 is 0 Å². The Bertz CT molecular complexity index is 1220. The van der Waals surface area contributed by atoms with E-state index in [0.29, 0.717) is 23.4 Å². The van der Waals surface area contributed by atoms with Gasteiger partial charge in [0.1, 0.15) is 5.75 Å². The fourth-order valence-electron chi connectivity index (χ4n) is 3.45. The molecule has 0 aliphatic rings. The first-order valence-electron chi connectivity index (χ1n) is 10.4. The van der Waals surface area contributed by atoms with Crippen molar-refractivity contribution in [3.05, 3.63) is 115 Å². The second-order valence-corrected chi connectivity index (χ2v) is 7.46. The van der Waals surface area contributed by atoms with Gasteiger partial charge in [-0.3, -0.25) is 9.59 Å². The molecular formula is C27H24N2O3+2. The third kappa shape index (κ3) is 5.13. The zero-order chi connectivity index (χ0) is 22.3. The van der Waals surface area contributed by atoms with Gasteiger partial charge in [-0.25, -0.2) is 0 Å². The lowest BCUT2D eigenvalue weighted by molar-refractivity contribution is -0.683. The van der Waals surface area contributed by atoms with Gasteiger partial charge < -0.3 is 4.74 Å². The first-order chi connectivity index (χ1) is 15.6. The molecule has 0 saturated carbocycles. The Hall–Kier alpha value is -4.12. The van der Waals surface area contributed by atoms with Crippen LogP contribution >= 0.6 is 0 Å². The van der Waals surface area contributed by atoms with Gasteiger partial charge in [0.25, 0.3) is 0 Å². The number of pyridine rings is 2. The molecule has 0 radical (unpaired) electrons. The van der Waals surface area contributed by atoms with Gasteiger partial charge in [0.2, 0.25) is 24.7 Å². The molecule has 2 heterocycles. The van der Waals surface area contributed by atoms with Crippen LogP contribution in [0, 0.1) is 0 Å². The van der Waals surface area contributed by atoms with Gasteiger partial charge in [-0.05, 0) is 23.3 Å². The van der Waals surface area contributed by atoms with Gasteiger partial charge in [0.15, 0.2) is 24.8 Å². The molecule has 5 heteroatoms. The molecule has 158 valence electrons. The smallest absolute Gasteiger partial charge is 0.227 e. The molecule has 5 nitrogen and oxygen atoms in total. The van der Waals surface area contributed by atoms with Crippen molar-refractivity contribution in [2.45, 2.75) is 13.1 Å². The second-order valence-electron chi connectivity index (χ2n) is 7.46. The minimum Gasteiger partial charge on any atom is -0.497 e. The Kier molecular flexibility index (Phi) is 6.46. The number of carbonyl (C=O) groups excluding carboxylic acids is 2. The average Bonchev–Trinajstić information content (AvgIpc) is 2.85. The van der Waals surface area contributed by atoms with Gasteiger partial charge >= 0.3 is 0 Å². The molecule has 4 rings (SSSR count). The minimum atomic E-state index is 0.0190. The number of Topliss-reactive ketones (excluding diaryl/α,β-unsaturated/α-hetero) is 2. The van der Waals surface area contributed by atoms with E-state index in [0.717, 1.165) is 11.1 Å². The molecule has 2 aromatic heterocycles. The maximum absolute atomic E-state index is 12.6. The number of methoxy groups -OCH3 is 1. The summed E-state index contributed by atoms with van der Waals surface area (Å²) in [6.45, 7) is 0.551. The highest BCUT2D eigenvalue weighted by Crippen LogP contribution is 2.16. The first kappa shape index (κ1) is 21.1. The lowest BCUT2D eigenvalue weighted by Crippen LogP contribution is -2.37. The largest absolute Gasteiger partial charge is 0.497 e. The van der Waals surface area contributed by atoms with Crippen LogP contribution in [0.1, 0.15) is 20.7 Å². The third-order valence-electron chi connectivity index (χ3n) is 5.26. The van der Waals surface area contributed by atoms with Crippen molar-refractivity contribution < 1.29 is 23.5 Å². The number of ether oxygens (including phenoxy) is 1. The standard InChI is InChI=1S/C27H24N2O3/c1-32-25-9-5-8-24(18-25)27(31)20-29-16-12-22(13-17-29)21-10-14-28(15-11-21)19-26(30)23-6-3-2-4-7-23/h2-18H,19-20H2,1H3/q+2. The summed E-state index contributed by atoms with van der Waals surface area (Å²) in [5.74, 6) is 0.762. The zero-order valence-corrected chi connectivity index (χ0v) is 17.8. The molecule has 2 aromatic carbocycles. The number of aromatic nitrogens is 2. The van der Waals surface area contributed by atoms with Crippen molar-refractivity contribution in [3.63, 3.8) is 0 Å². The molecule has 0 aliphatic carbocycles. The molecule has 0 amide bonds. The third-order valence-corrected chi connectivity index (χ3v) is 5.26. The van der Waals surface area contributed by atoms with Gasteiger partial charge in [0.05, 0.1) is 7.11 Å². The van der Waals surface area contributed by atoms with Crippen LogP contribution in [0.15, 0.2) is 104 Å². The highest BCUT2D eigenvalue weighted by Gasteiger charge is 2.14. The summed E-state index contributed by atoms with van der Waals surface area (Å²) in [6, 6.07) is 24.4. The van der Waals surface area contributed by atoms with Crippen molar-refractivity contribution in [2.75, 3.05) is 7.11 Å². The van der Waals surface area contributed by atoms with Crippen LogP contribution in [-0.4, -0.2) is 18.7 Å². The Balaban J connectivity index is 1.40. The van der Waals surface area contributed by atoms with E-state index in [1.54, 1.807) is 19.2 Å². The number of carbonyl (C=O) groups is 2. The van der Waals surface area contributed by atoms with Crippen molar-refractivity contribution in [3.8, 4) is 16.9 Å². The highest BCUT2D eigenvalue weighted by molar-refractivity contribution is 5.95. The van der Waals surface area contributed by atoms with Crippen LogP contribution < -0.4 is 13.9 Å². The summed E-state index contributed by atoms with van der Waals surface area (Å²) < 4.78 is 8.92.